The van der Waals surface area contributed by atoms with Crippen molar-refractivity contribution in [3.8, 4) is 0 Å². The van der Waals surface area contributed by atoms with Gasteiger partial charge < -0.3 is 19.7 Å². The monoisotopic (exact) mass is 256 g/mol. The largest absolute Gasteiger partial charge is 0.464 e. The molecular formula is C12H20N2O4. The van der Waals surface area contributed by atoms with Crippen molar-refractivity contribution in [1.82, 2.24) is 10.2 Å². The van der Waals surface area contributed by atoms with Crippen LogP contribution in [0.25, 0.3) is 0 Å². The topological polar surface area (TPSA) is 67.9 Å². The van der Waals surface area contributed by atoms with Gasteiger partial charge in [0.05, 0.1) is 20.4 Å². The van der Waals surface area contributed by atoms with Crippen LogP contribution in [0.5, 0.6) is 0 Å². The number of rotatable bonds is 5. The Morgan fingerprint density at radius 2 is 1.89 bits per heavy atom. The van der Waals surface area contributed by atoms with Crippen molar-refractivity contribution in [3.05, 3.63) is 11.4 Å². The van der Waals surface area contributed by atoms with Gasteiger partial charge in [-0.3, -0.25) is 0 Å². The highest BCUT2D eigenvalue weighted by Crippen LogP contribution is 2.23. The Morgan fingerprint density at radius 1 is 1.28 bits per heavy atom. The third-order valence-electron chi connectivity index (χ3n) is 2.97. The van der Waals surface area contributed by atoms with Gasteiger partial charge >= 0.3 is 11.9 Å². The molecule has 102 valence electrons. The second kappa shape index (κ2) is 6.28. The predicted octanol–water partition coefficient (Wildman–Crippen LogP) is 0.595. The number of carbonyl (C=O) groups is 2. The molecule has 0 saturated heterocycles. The molecule has 0 saturated carbocycles. The standard InChI is InChI=1S/C12H20N2O4/c1-5-6-7-8-13-9(11(15)17-3)10(14(8)2)12(16)18-4/h8,13H,5-7H2,1-4H3. The van der Waals surface area contributed by atoms with Gasteiger partial charge in [0, 0.05) is 7.05 Å². The smallest absolute Gasteiger partial charge is 0.356 e. The van der Waals surface area contributed by atoms with Gasteiger partial charge in [-0.25, -0.2) is 9.59 Å². The molecule has 1 aliphatic rings. The van der Waals surface area contributed by atoms with E-state index in [1.807, 2.05) is 0 Å². The van der Waals surface area contributed by atoms with Crippen molar-refractivity contribution in [2.75, 3.05) is 21.3 Å². The Balaban J connectivity index is 2.94. The molecule has 1 unspecified atom stereocenters. The molecule has 0 bridgehead atoms. The summed E-state index contributed by atoms with van der Waals surface area (Å²) in [5.74, 6) is -1.09. The van der Waals surface area contributed by atoms with Crippen LogP contribution in [0.15, 0.2) is 11.4 Å². The minimum absolute atomic E-state index is 0.0758. The number of hydrogen-bond acceptors (Lipinski definition) is 6. The number of nitrogens with zero attached hydrogens (tertiary/aromatic N) is 1. The molecule has 0 fully saturated rings. The minimum atomic E-state index is -0.554. The quantitative estimate of drug-likeness (QED) is 0.726. The third kappa shape index (κ3) is 2.75. The lowest BCUT2D eigenvalue weighted by atomic mass is 10.2. The average Bonchev–Trinajstić information content (AvgIpc) is 2.71. The molecule has 6 nitrogen and oxygen atoms in total. The molecule has 0 aromatic carbocycles. The summed E-state index contributed by atoms with van der Waals surface area (Å²) in [7, 11) is 4.33. The van der Waals surface area contributed by atoms with Crippen LogP contribution in [-0.4, -0.2) is 44.3 Å². The Morgan fingerprint density at radius 3 is 2.39 bits per heavy atom. The van der Waals surface area contributed by atoms with E-state index in [0.717, 1.165) is 19.3 Å². The normalized spacial score (nSPS) is 18.7. The van der Waals surface area contributed by atoms with E-state index in [0.29, 0.717) is 0 Å². The van der Waals surface area contributed by atoms with Crippen molar-refractivity contribution in [1.29, 1.82) is 0 Å². The van der Waals surface area contributed by atoms with Crippen LogP contribution in [0.4, 0.5) is 0 Å². The maximum atomic E-state index is 11.7. The van der Waals surface area contributed by atoms with Crippen LogP contribution < -0.4 is 5.32 Å². The molecule has 0 spiro atoms. The summed E-state index contributed by atoms with van der Waals surface area (Å²) in [4.78, 5) is 25.1. The molecule has 1 atom stereocenters. The fourth-order valence-electron chi connectivity index (χ4n) is 1.93. The molecule has 1 rings (SSSR count). The Labute approximate surface area is 107 Å². The van der Waals surface area contributed by atoms with E-state index in [-0.39, 0.29) is 17.6 Å². The van der Waals surface area contributed by atoms with E-state index in [1.165, 1.54) is 14.2 Å². The highest BCUT2D eigenvalue weighted by atomic mass is 16.5. The highest BCUT2D eigenvalue weighted by Gasteiger charge is 2.36. The number of methoxy groups -OCH3 is 2. The van der Waals surface area contributed by atoms with Gasteiger partial charge in [-0.05, 0) is 12.8 Å². The Hall–Kier alpha value is -1.72. The Kier molecular flexibility index (Phi) is 5.00. The summed E-state index contributed by atoms with van der Waals surface area (Å²) in [6, 6.07) is 0. The van der Waals surface area contributed by atoms with Crippen molar-refractivity contribution >= 4 is 11.9 Å². The lowest BCUT2D eigenvalue weighted by molar-refractivity contribution is -0.140. The average molecular weight is 256 g/mol. The van der Waals surface area contributed by atoms with E-state index >= 15 is 0 Å². The molecule has 0 amide bonds. The van der Waals surface area contributed by atoms with Crippen molar-refractivity contribution in [3.63, 3.8) is 0 Å². The van der Waals surface area contributed by atoms with Crippen LogP contribution in [0.3, 0.4) is 0 Å². The second-order valence-corrected chi connectivity index (χ2v) is 4.12. The molecule has 0 radical (unpaired) electrons. The number of ether oxygens (including phenoxy) is 2. The summed E-state index contributed by atoms with van der Waals surface area (Å²) in [6.45, 7) is 2.09. The zero-order valence-corrected chi connectivity index (χ0v) is 11.3. The summed E-state index contributed by atoms with van der Waals surface area (Å²) in [5, 5.41) is 3.02. The van der Waals surface area contributed by atoms with Gasteiger partial charge in [-0.15, -0.1) is 0 Å². The van der Waals surface area contributed by atoms with Crippen molar-refractivity contribution in [2.45, 2.75) is 32.4 Å². The van der Waals surface area contributed by atoms with Gasteiger partial charge in [-0.2, -0.15) is 0 Å². The summed E-state index contributed by atoms with van der Waals surface area (Å²) in [6.07, 6.45) is 2.82. The van der Waals surface area contributed by atoms with Gasteiger partial charge in [0.25, 0.3) is 0 Å². The summed E-state index contributed by atoms with van der Waals surface area (Å²) < 4.78 is 9.36. The van der Waals surface area contributed by atoms with Crippen LogP contribution in [0, 0.1) is 0 Å². The van der Waals surface area contributed by atoms with Crippen molar-refractivity contribution < 1.29 is 19.1 Å². The lowest BCUT2D eigenvalue weighted by Gasteiger charge is -2.23. The van der Waals surface area contributed by atoms with Gasteiger partial charge in [0.2, 0.25) is 0 Å². The molecule has 1 heterocycles. The maximum Gasteiger partial charge on any atom is 0.356 e. The first kappa shape index (κ1) is 14.3. The SMILES string of the molecule is CCCCC1NC(C(=O)OC)=C(C(=O)OC)N1C. The molecule has 0 aromatic heterocycles. The molecule has 18 heavy (non-hydrogen) atoms. The third-order valence-corrected chi connectivity index (χ3v) is 2.97. The van der Waals surface area contributed by atoms with Crippen LogP contribution in [0.2, 0.25) is 0 Å². The Bertz CT molecular complexity index is 365. The molecular weight excluding hydrogens is 236 g/mol. The fraction of sp³-hybridized carbons (Fsp3) is 0.667. The van der Waals surface area contributed by atoms with E-state index in [4.69, 9.17) is 4.74 Å². The predicted molar refractivity (Wildman–Crippen MR) is 65.3 cm³/mol. The fourth-order valence-corrected chi connectivity index (χ4v) is 1.93. The number of likely N-dealkylation sites (N-methyl/N-ethyl adjacent to an activating group) is 1. The van der Waals surface area contributed by atoms with Gasteiger partial charge in [0.15, 0.2) is 11.4 Å². The zero-order chi connectivity index (χ0) is 13.7. The van der Waals surface area contributed by atoms with Crippen LogP contribution in [-0.2, 0) is 19.1 Å². The van der Waals surface area contributed by atoms with E-state index < -0.39 is 11.9 Å². The van der Waals surface area contributed by atoms with Gasteiger partial charge in [-0.1, -0.05) is 13.3 Å². The van der Waals surface area contributed by atoms with E-state index in [2.05, 4.69) is 17.0 Å². The lowest BCUT2D eigenvalue weighted by Crippen LogP contribution is -2.36. The number of nitrogens with one attached hydrogen (secondary N) is 1. The molecule has 1 N–H and O–H groups in total. The number of carbonyl (C=O) groups excluding carboxylic acids is 2. The first-order valence-electron chi connectivity index (χ1n) is 5.97. The number of hydrogen-bond donors (Lipinski definition) is 1. The first-order chi connectivity index (χ1) is 8.56. The van der Waals surface area contributed by atoms with Crippen molar-refractivity contribution in [2.24, 2.45) is 0 Å². The molecule has 0 aromatic rings. The number of unbranched alkanes of at least 4 members (excludes halogenated alkanes) is 1. The molecule has 1 aliphatic heterocycles. The van der Waals surface area contributed by atoms with E-state index in [1.54, 1.807) is 11.9 Å². The first-order valence-corrected chi connectivity index (χ1v) is 5.97. The van der Waals surface area contributed by atoms with Crippen LogP contribution >= 0.6 is 0 Å². The second-order valence-electron chi connectivity index (χ2n) is 4.12. The molecule has 6 heteroatoms. The highest BCUT2D eigenvalue weighted by molar-refractivity contribution is 6.00. The molecule has 0 aliphatic carbocycles. The van der Waals surface area contributed by atoms with Gasteiger partial charge in [0.1, 0.15) is 0 Å². The number of esters is 2. The zero-order valence-electron chi connectivity index (χ0n) is 11.3. The maximum absolute atomic E-state index is 11.7. The van der Waals surface area contributed by atoms with Crippen LogP contribution in [0.1, 0.15) is 26.2 Å². The van der Waals surface area contributed by atoms with E-state index in [9.17, 15) is 9.59 Å². The summed E-state index contributed by atoms with van der Waals surface area (Å²) in [5.41, 5.74) is 0.401. The summed E-state index contributed by atoms with van der Waals surface area (Å²) >= 11 is 0. The minimum Gasteiger partial charge on any atom is -0.464 e.